The summed E-state index contributed by atoms with van der Waals surface area (Å²) >= 11 is 0. The molecule has 0 amide bonds. The van der Waals surface area contributed by atoms with Gasteiger partial charge in [-0.3, -0.25) is 0 Å². The lowest BCUT2D eigenvalue weighted by Crippen LogP contribution is -1.91. The van der Waals surface area contributed by atoms with Gasteiger partial charge in [-0.1, -0.05) is 85.4 Å². The van der Waals surface area contributed by atoms with E-state index in [0.29, 0.717) is 0 Å². The molecule has 134 valence electrons. The highest BCUT2D eigenvalue weighted by atomic mass is 16.5. The number of benzene rings is 4. The fourth-order valence-corrected chi connectivity index (χ4v) is 4.16. The summed E-state index contributed by atoms with van der Waals surface area (Å²) < 4.78 is 5.69. The molecule has 0 aromatic heterocycles. The highest BCUT2D eigenvalue weighted by Crippen LogP contribution is 2.43. The molecule has 0 aliphatic heterocycles. The normalized spacial score (nSPS) is 11.6. The number of hydrogen-bond donors (Lipinski definition) is 0. The van der Waals surface area contributed by atoms with Gasteiger partial charge in [-0.05, 0) is 57.5 Å². The minimum Gasteiger partial charge on any atom is -0.465 e. The van der Waals surface area contributed by atoms with E-state index in [1.165, 1.54) is 39.6 Å². The lowest BCUT2D eigenvalue weighted by atomic mass is 9.93. The second-order valence-corrected chi connectivity index (χ2v) is 7.03. The van der Waals surface area contributed by atoms with E-state index in [0.717, 1.165) is 23.3 Å². The van der Waals surface area contributed by atoms with Crippen molar-refractivity contribution in [3.05, 3.63) is 115 Å². The number of fused-ring (bicyclic) bond motifs is 3. The lowest BCUT2D eigenvalue weighted by molar-refractivity contribution is 0.485. The van der Waals surface area contributed by atoms with Crippen molar-refractivity contribution in [1.82, 2.24) is 0 Å². The Balaban J connectivity index is 1.67. The van der Waals surface area contributed by atoms with Crippen molar-refractivity contribution in [2.24, 2.45) is 0 Å². The molecule has 0 radical (unpaired) electrons. The summed E-state index contributed by atoms with van der Waals surface area (Å²) in [7, 11) is 0. The Labute approximate surface area is 165 Å². The van der Waals surface area contributed by atoms with Gasteiger partial charge in [-0.15, -0.1) is 0 Å². The van der Waals surface area contributed by atoms with E-state index < -0.39 is 0 Å². The van der Waals surface area contributed by atoms with Crippen molar-refractivity contribution in [3.63, 3.8) is 0 Å². The van der Waals surface area contributed by atoms with Gasteiger partial charge in [-0.2, -0.15) is 0 Å². The molecule has 0 bridgehead atoms. The third kappa shape index (κ3) is 2.73. The SMILES string of the molecule is C=COc1ccc(-c2cccc3c2Cc2ccccc2-3)cc1-c1ccccc1. The topological polar surface area (TPSA) is 9.23 Å². The van der Waals surface area contributed by atoms with Gasteiger partial charge >= 0.3 is 0 Å². The van der Waals surface area contributed by atoms with E-state index >= 15 is 0 Å². The Kier molecular flexibility index (Phi) is 4.06. The minimum atomic E-state index is 0.820. The van der Waals surface area contributed by atoms with Gasteiger partial charge in [0, 0.05) is 5.56 Å². The molecule has 28 heavy (non-hydrogen) atoms. The first-order chi connectivity index (χ1) is 13.8. The number of rotatable bonds is 4. The molecular formula is C27H20O. The molecule has 0 unspecified atom stereocenters. The first-order valence-corrected chi connectivity index (χ1v) is 9.53. The maximum absolute atomic E-state index is 5.69. The molecule has 0 N–H and O–H groups in total. The largest absolute Gasteiger partial charge is 0.465 e. The van der Waals surface area contributed by atoms with Crippen LogP contribution >= 0.6 is 0 Å². The van der Waals surface area contributed by atoms with E-state index in [1.807, 2.05) is 12.1 Å². The van der Waals surface area contributed by atoms with Crippen LogP contribution in [0.25, 0.3) is 33.4 Å². The van der Waals surface area contributed by atoms with Gasteiger partial charge < -0.3 is 4.74 Å². The van der Waals surface area contributed by atoms with Crippen LogP contribution in [0.4, 0.5) is 0 Å². The molecule has 1 aliphatic carbocycles. The van der Waals surface area contributed by atoms with Crippen molar-refractivity contribution < 1.29 is 4.74 Å². The highest BCUT2D eigenvalue weighted by molar-refractivity contribution is 5.86. The summed E-state index contributed by atoms with van der Waals surface area (Å²) in [6.07, 6.45) is 2.46. The van der Waals surface area contributed by atoms with Gasteiger partial charge in [0.15, 0.2) is 0 Å². The molecule has 0 spiro atoms. The van der Waals surface area contributed by atoms with Crippen molar-refractivity contribution in [2.75, 3.05) is 0 Å². The Morgan fingerprint density at radius 1 is 0.643 bits per heavy atom. The summed E-state index contributed by atoms with van der Waals surface area (Å²) in [5.74, 6) is 0.820. The smallest absolute Gasteiger partial charge is 0.134 e. The molecule has 1 nitrogen and oxygen atoms in total. The van der Waals surface area contributed by atoms with E-state index in [9.17, 15) is 0 Å². The third-order valence-electron chi connectivity index (χ3n) is 5.44. The Morgan fingerprint density at radius 3 is 2.25 bits per heavy atom. The Morgan fingerprint density at radius 2 is 1.39 bits per heavy atom. The summed E-state index contributed by atoms with van der Waals surface area (Å²) in [4.78, 5) is 0. The molecule has 4 aromatic carbocycles. The highest BCUT2D eigenvalue weighted by Gasteiger charge is 2.21. The van der Waals surface area contributed by atoms with Crippen LogP contribution in [0.1, 0.15) is 11.1 Å². The number of ether oxygens (including phenoxy) is 1. The quantitative estimate of drug-likeness (QED) is 0.310. The van der Waals surface area contributed by atoms with Gasteiger partial charge in [0.25, 0.3) is 0 Å². The van der Waals surface area contributed by atoms with E-state index in [1.54, 1.807) is 0 Å². The average Bonchev–Trinajstić information content (AvgIpc) is 3.14. The van der Waals surface area contributed by atoms with Crippen molar-refractivity contribution in [3.8, 4) is 39.1 Å². The second kappa shape index (κ2) is 6.86. The fraction of sp³-hybridized carbons (Fsp3) is 0.0370. The zero-order valence-electron chi connectivity index (χ0n) is 15.6. The summed E-state index contributed by atoms with van der Waals surface area (Å²) in [5.41, 5.74) is 10.2. The van der Waals surface area contributed by atoms with Gasteiger partial charge in [0.2, 0.25) is 0 Å². The van der Waals surface area contributed by atoms with Crippen LogP contribution in [0.3, 0.4) is 0 Å². The molecular weight excluding hydrogens is 340 g/mol. The van der Waals surface area contributed by atoms with Crippen LogP contribution in [0, 0.1) is 0 Å². The third-order valence-corrected chi connectivity index (χ3v) is 5.44. The van der Waals surface area contributed by atoms with Crippen molar-refractivity contribution >= 4 is 0 Å². The second-order valence-electron chi connectivity index (χ2n) is 7.03. The lowest BCUT2D eigenvalue weighted by Gasteiger charge is -2.14. The van der Waals surface area contributed by atoms with Crippen LogP contribution < -0.4 is 4.74 Å². The number of hydrogen-bond acceptors (Lipinski definition) is 1. The molecule has 0 saturated carbocycles. The molecule has 0 saturated heterocycles. The fourth-order valence-electron chi connectivity index (χ4n) is 4.16. The summed E-state index contributed by atoms with van der Waals surface area (Å²) in [6, 6.07) is 32.1. The molecule has 5 rings (SSSR count). The standard InChI is InChI=1S/C27H20O/c1-2-28-27-16-15-21(17-25(27)19-9-4-3-5-10-19)23-13-8-14-24-22-12-7-6-11-20(22)18-26(23)24/h2-17H,1,18H2. The molecule has 1 aliphatic rings. The maximum Gasteiger partial charge on any atom is 0.134 e. The average molecular weight is 360 g/mol. The first kappa shape index (κ1) is 16.6. The van der Waals surface area contributed by atoms with Crippen LogP contribution in [0.2, 0.25) is 0 Å². The summed E-state index contributed by atoms with van der Waals surface area (Å²) in [5, 5.41) is 0. The Hall–Kier alpha value is -3.58. The molecule has 0 heterocycles. The molecule has 1 heteroatoms. The Bertz CT molecular complexity index is 1170. The minimum absolute atomic E-state index is 0.820. The van der Waals surface area contributed by atoms with Crippen LogP contribution in [-0.4, -0.2) is 0 Å². The van der Waals surface area contributed by atoms with Gasteiger partial charge in [-0.25, -0.2) is 0 Å². The van der Waals surface area contributed by atoms with Crippen LogP contribution in [0.15, 0.2) is 104 Å². The summed E-state index contributed by atoms with van der Waals surface area (Å²) in [6.45, 7) is 3.72. The zero-order valence-corrected chi connectivity index (χ0v) is 15.6. The van der Waals surface area contributed by atoms with E-state index in [-0.39, 0.29) is 0 Å². The van der Waals surface area contributed by atoms with E-state index in [4.69, 9.17) is 4.74 Å². The predicted molar refractivity (Wildman–Crippen MR) is 116 cm³/mol. The van der Waals surface area contributed by atoms with Crippen molar-refractivity contribution in [1.29, 1.82) is 0 Å². The molecule has 0 atom stereocenters. The molecule has 4 aromatic rings. The van der Waals surface area contributed by atoms with Gasteiger partial charge in [0.1, 0.15) is 5.75 Å². The molecule has 0 fully saturated rings. The monoisotopic (exact) mass is 360 g/mol. The zero-order chi connectivity index (χ0) is 18.9. The van der Waals surface area contributed by atoms with Gasteiger partial charge in [0.05, 0.1) is 6.26 Å². The van der Waals surface area contributed by atoms with E-state index in [2.05, 4.69) is 85.4 Å². The van der Waals surface area contributed by atoms with Crippen LogP contribution in [-0.2, 0) is 6.42 Å². The predicted octanol–water partition coefficient (Wildman–Crippen LogP) is 7.11. The maximum atomic E-state index is 5.69. The van der Waals surface area contributed by atoms with Crippen LogP contribution in [0.5, 0.6) is 5.75 Å². The first-order valence-electron chi connectivity index (χ1n) is 9.53. The van der Waals surface area contributed by atoms with Crippen molar-refractivity contribution in [2.45, 2.75) is 6.42 Å².